The third-order valence-electron chi connectivity index (χ3n) is 2.83. The van der Waals surface area contributed by atoms with Gasteiger partial charge in [0.25, 0.3) is 0 Å². The van der Waals surface area contributed by atoms with E-state index in [-0.39, 0.29) is 6.42 Å². The van der Waals surface area contributed by atoms with Crippen molar-refractivity contribution < 1.29 is 19.1 Å². The number of carbonyl (C=O) groups excluding carboxylic acids is 2. The highest BCUT2D eigenvalue weighted by Crippen LogP contribution is 2.25. The topological polar surface area (TPSA) is 133 Å². The lowest BCUT2D eigenvalue weighted by atomic mass is 10.0. The minimum Gasteiger partial charge on any atom is -0.427 e. The molecule has 23 heavy (non-hydrogen) atoms. The van der Waals surface area contributed by atoms with E-state index in [1.165, 1.54) is 16.9 Å². The predicted octanol–water partition coefficient (Wildman–Crippen LogP) is 1.92. The molecule has 0 aliphatic heterocycles. The number of nitrogens with two attached hydrogens (primary N) is 1. The van der Waals surface area contributed by atoms with E-state index in [1.807, 2.05) is 6.07 Å². The second-order valence-corrected chi connectivity index (χ2v) is 6.02. The molecule has 0 bridgehead atoms. The molecule has 0 saturated heterocycles. The summed E-state index contributed by atoms with van der Waals surface area (Å²) in [6.07, 6.45) is 0.706. The maximum absolute atomic E-state index is 11.4. The number of primary amides is 1. The van der Waals surface area contributed by atoms with Crippen molar-refractivity contribution in [3.8, 4) is 6.07 Å². The van der Waals surface area contributed by atoms with Gasteiger partial charge in [-0.2, -0.15) is 10.4 Å². The molecule has 0 aromatic carbocycles. The molecule has 0 saturated carbocycles. The van der Waals surface area contributed by atoms with Crippen molar-refractivity contribution in [2.45, 2.75) is 25.9 Å². The highest BCUT2D eigenvalue weighted by atomic mass is 79.9. The molecule has 2 aromatic heterocycles. The molecule has 0 fully saturated rings. The Labute approximate surface area is 139 Å². The molecule has 1 amide bonds. The molecule has 2 rings (SSSR count). The number of nitrogens with zero attached hydrogens (tertiary/aromatic N) is 4. The number of hydrogen-bond donors (Lipinski definition) is 1. The number of hydrogen-bond acceptors (Lipinski definition) is 7. The van der Waals surface area contributed by atoms with Crippen LogP contribution >= 0.6 is 15.9 Å². The number of ether oxygens (including phenoxy) is 2. The van der Waals surface area contributed by atoms with Crippen LogP contribution in [0.25, 0.3) is 5.65 Å². The van der Waals surface area contributed by atoms with Crippen LogP contribution in [0.3, 0.4) is 0 Å². The average Bonchev–Trinajstić information content (AvgIpc) is 2.83. The maximum Gasteiger partial charge on any atom is 0.517 e. The lowest BCUT2D eigenvalue weighted by molar-refractivity contribution is -0.000334. The summed E-state index contributed by atoms with van der Waals surface area (Å²) in [5.41, 5.74) is 5.08. The fourth-order valence-corrected chi connectivity index (χ4v) is 2.37. The number of nitriles is 1. The first kappa shape index (κ1) is 16.7. The van der Waals surface area contributed by atoms with Crippen molar-refractivity contribution in [2.24, 2.45) is 5.73 Å². The van der Waals surface area contributed by atoms with Gasteiger partial charge in [0, 0.05) is 12.6 Å². The van der Waals surface area contributed by atoms with Crippen LogP contribution in [0.2, 0.25) is 0 Å². The second kappa shape index (κ2) is 6.21. The minimum atomic E-state index is -1.25. The van der Waals surface area contributed by atoms with E-state index in [1.54, 1.807) is 13.8 Å². The molecule has 2 heterocycles. The van der Waals surface area contributed by atoms with E-state index in [0.717, 1.165) is 0 Å². The van der Waals surface area contributed by atoms with Crippen LogP contribution in [-0.2, 0) is 15.9 Å². The van der Waals surface area contributed by atoms with Crippen molar-refractivity contribution in [1.29, 1.82) is 5.26 Å². The first-order valence-electron chi connectivity index (χ1n) is 6.35. The van der Waals surface area contributed by atoms with E-state index < -0.39 is 17.8 Å². The number of halogens is 1. The van der Waals surface area contributed by atoms with E-state index in [0.29, 0.717) is 21.4 Å². The van der Waals surface area contributed by atoms with Gasteiger partial charge in [0.1, 0.15) is 17.2 Å². The van der Waals surface area contributed by atoms with Crippen LogP contribution in [0.4, 0.5) is 9.59 Å². The largest absolute Gasteiger partial charge is 0.517 e. The van der Waals surface area contributed by atoms with Gasteiger partial charge >= 0.3 is 12.2 Å². The molecule has 0 aliphatic carbocycles. The molecule has 9 nitrogen and oxygen atoms in total. The molecular formula is C13H12BrN5O4. The molecule has 10 heteroatoms. The summed E-state index contributed by atoms with van der Waals surface area (Å²) in [5, 5.41) is 13.2. The zero-order valence-corrected chi connectivity index (χ0v) is 13.8. The van der Waals surface area contributed by atoms with E-state index in [2.05, 4.69) is 30.7 Å². The smallest absolute Gasteiger partial charge is 0.427 e. The summed E-state index contributed by atoms with van der Waals surface area (Å²) < 4.78 is 11.3. The Morgan fingerprint density at radius 3 is 2.78 bits per heavy atom. The Hall–Kier alpha value is -2.67. The number of fused-ring (bicyclic) bond motifs is 1. The molecule has 120 valence electrons. The lowest BCUT2D eigenvalue weighted by Gasteiger charge is -2.24. The van der Waals surface area contributed by atoms with Gasteiger partial charge in [-0.05, 0) is 29.8 Å². The van der Waals surface area contributed by atoms with E-state index >= 15 is 0 Å². The Kier molecular flexibility index (Phi) is 4.51. The molecule has 0 unspecified atom stereocenters. The minimum absolute atomic E-state index is 0.215. The quantitative estimate of drug-likeness (QED) is 0.633. The fourth-order valence-electron chi connectivity index (χ4n) is 1.96. The summed E-state index contributed by atoms with van der Waals surface area (Å²) in [6.45, 7) is 3.26. The van der Waals surface area contributed by atoms with Crippen molar-refractivity contribution in [3.63, 3.8) is 0 Å². The van der Waals surface area contributed by atoms with Crippen molar-refractivity contribution in [3.05, 3.63) is 28.1 Å². The number of amides is 1. The lowest BCUT2D eigenvalue weighted by Crippen LogP contribution is -2.33. The number of rotatable bonds is 3. The summed E-state index contributed by atoms with van der Waals surface area (Å²) in [6, 6.07) is 2.00. The van der Waals surface area contributed by atoms with Gasteiger partial charge in [0.15, 0.2) is 5.65 Å². The zero-order chi connectivity index (χ0) is 17.2. The van der Waals surface area contributed by atoms with Crippen LogP contribution in [-0.4, -0.2) is 32.4 Å². The normalized spacial score (nSPS) is 11.0. The van der Waals surface area contributed by atoms with Crippen LogP contribution in [0.5, 0.6) is 0 Å². The van der Waals surface area contributed by atoms with Crippen molar-refractivity contribution in [2.75, 3.05) is 0 Å². The number of aromatic nitrogens is 3. The van der Waals surface area contributed by atoms with Gasteiger partial charge in [-0.3, -0.25) is 0 Å². The second-order valence-electron chi connectivity index (χ2n) is 5.17. The first-order valence-corrected chi connectivity index (χ1v) is 7.14. The van der Waals surface area contributed by atoms with Gasteiger partial charge in [-0.1, -0.05) is 0 Å². The third kappa shape index (κ3) is 3.75. The van der Waals surface area contributed by atoms with Gasteiger partial charge in [0.05, 0.1) is 16.4 Å². The summed E-state index contributed by atoms with van der Waals surface area (Å²) in [4.78, 5) is 26.1. The Bertz CT molecular complexity index is 824. The summed E-state index contributed by atoms with van der Waals surface area (Å²) in [5.74, 6) is 0. The van der Waals surface area contributed by atoms with Gasteiger partial charge in [-0.15, -0.1) is 0 Å². The molecule has 0 radical (unpaired) electrons. The maximum atomic E-state index is 11.4. The molecule has 0 atom stereocenters. The number of carbonyl (C=O) groups is 2. The third-order valence-corrected chi connectivity index (χ3v) is 3.49. The Morgan fingerprint density at radius 2 is 2.17 bits per heavy atom. The standard InChI is InChI=1S/C13H12BrN5O4/c1-13(2,23-12(21)22-11(16)20)3-9-8(14)6-17-10-7(4-15)5-18-19(9)10/h5-6H,3H2,1-2H3,(H2,16,20). The summed E-state index contributed by atoms with van der Waals surface area (Å²) in [7, 11) is 0. The van der Waals surface area contributed by atoms with Crippen LogP contribution in [0, 0.1) is 11.3 Å². The summed E-state index contributed by atoms with van der Waals surface area (Å²) >= 11 is 3.36. The highest BCUT2D eigenvalue weighted by Gasteiger charge is 2.28. The molecule has 0 spiro atoms. The van der Waals surface area contributed by atoms with Crippen LogP contribution in [0.15, 0.2) is 16.9 Å². The Morgan fingerprint density at radius 1 is 1.48 bits per heavy atom. The van der Waals surface area contributed by atoms with Gasteiger partial charge in [-0.25, -0.2) is 19.1 Å². The zero-order valence-electron chi connectivity index (χ0n) is 12.2. The van der Waals surface area contributed by atoms with E-state index in [9.17, 15) is 9.59 Å². The van der Waals surface area contributed by atoms with Crippen LogP contribution in [0.1, 0.15) is 25.1 Å². The van der Waals surface area contributed by atoms with Crippen molar-refractivity contribution in [1.82, 2.24) is 14.6 Å². The van der Waals surface area contributed by atoms with Gasteiger partial charge < -0.3 is 15.2 Å². The Balaban J connectivity index is 2.32. The molecule has 2 aromatic rings. The molecular weight excluding hydrogens is 370 g/mol. The van der Waals surface area contributed by atoms with Crippen molar-refractivity contribution >= 4 is 33.8 Å². The van der Waals surface area contributed by atoms with E-state index in [4.69, 9.17) is 15.7 Å². The molecule has 2 N–H and O–H groups in total. The monoisotopic (exact) mass is 381 g/mol. The average molecular weight is 382 g/mol. The van der Waals surface area contributed by atoms with Gasteiger partial charge in [0.2, 0.25) is 0 Å². The SMILES string of the molecule is CC(C)(Cc1c(Br)cnc2c(C#N)cnn12)OC(=O)OC(N)=O. The fraction of sp³-hybridized carbons (Fsp3) is 0.308. The predicted molar refractivity (Wildman–Crippen MR) is 80.3 cm³/mol. The van der Waals surface area contributed by atoms with Crippen LogP contribution < -0.4 is 5.73 Å². The highest BCUT2D eigenvalue weighted by molar-refractivity contribution is 9.10. The first-order chi connectivity index (χ1) is 10.7. The molecule has 0 aliphatic rings.